The Balaban J connectivity index is 1.30. The van der Waals surface area contributed by atoms with Gasteiger partial charge in [0.25, 0.3) is 0 Å². The Morgan fingerprint density at radius 2 is 1.83 bits per heavy atom. The summed E-state index contributed by atoms with van der Waals surface area (Å²) in [4.78, 5) is 23.1. The zero-order valence-electron chi connectivity index (χ0n) is 18.1. The number of halogens is 3. The Kier molecular flexibility index (Phi) is 5.59. The fourth-order valence-corrected chi connectivity index (χ4v) is 3.80. The Morgan fingerprint density at radius 3 is 2.57 bits per heavy atom. The van der Waals surface area contributed by atoms with Crippen molar-refractivity contribution >= 4 is 5.69 Å². The average Bonchev–Trinajstić information content (AvgIpc) is 2.84. The molecular weight excluding hydrogens is 463 g/mol. The van der Waals surface area contributed by atoms with E-state index in [9.17, 15) is 18.0 Å². The maximum atomic E-state index is 12.6. The molecule has 1 aliphatic heterocycles. The van der Waals surface area contributed by atoms with Crippen LogP contribution < -0.4 is 20.9 Å². The molecule has 0 bridgehead atoms. The van der Waals surface area contributed by atoms with E-state index in [1.54, 1.807) is 28.8 Å². The standard InChI is InChI=1S/C24H18F3N5O3/c25-24(26,27)22-29-11-16(12-30-22)35-20-6-5-14(9-18(20)28)13-34-21-10-19-17-4-2-1-3-15(17)7-8-32(19)23(33)31-21/h1-6,9-12H,7-8,13,28H2. The molecule has 11 heteroatoms. The summed E-state index contributed by atoms with van der Waals surface area (Å²) < 4.78 is 50.7. The van der Waals surface area contributed by atoms with E-state index in [0.29, 0.717) is 12.1 Å². The summed E-state index contributed by atoms with van der Waals surface area (Å²) in [6, 6.07) is 14.5. The van der Waals surface area contributed by atoms with Crippen molar-refractivity contribution < 1.29 is 22.6 Å². The molecule has 0 radical (unpaired) electrons. The lowest BCUT2D eigenvalue weighted by molar-refractivity contribution is -0.145. The highest BCUT2D eigenvalue weighted by Gasteiger charge is 2.34. The van der Waals surface area contributed by atoms with Gasteiger partial charge in [-0.15, -0.1) is 0 Å². The number of fused-ring (bicyclic) bond motifs is 3. The molecule has 0 unspecified atom stereocenters. The van der Waals surface area contributed by atoms with E-state index in [2.05, 4.69) is 15.0 Å². The Labute approximate surface area is 196 Å². The second kappa shape index (κ2) is 8.75. The number of ether oxygens (including phenoxy) is 2. The third kappa shape index (κ3) is 4.65. The summed E-state index contributed by atoms with van der Waals surface area (Å²) >= 11 is 0. The number of nitrogens with zero attached hydrogens (tertiary/aromatic N) is 4. The normalized spacial score (nSPS) is 12.5. The summed E-state index contributed by atoms with van der Waals surface area (Å²) in [5, 5.41) is 0. The lowest BCUT2D eigenvalue weighted by Gasteiger charge is -2.21. The van der Waals surface area contributed by atoms with Crippen LogP contribution in [0.3, 0.4) is 0 Å². The molecular formula is C24H18F3N5O3. The third-order valence-electron chi connectivity index (χ3n) is 5.46. The van der Waals surface area contributed by atoms with Crippen LogP contribution >= 0.6 is 0 Å². The molecule has 8 nitrogen and oxygen atoms in total. The summed E-state index contributed by atoms with van der Waals surface area (Å²) in [7, 11) is 0. The second-order valence-corrected chi connectivity index (χ2v) is 7.82. The van der Waals surface area contributed by atoms with Gasteiger partial charge in [-0.2, -0.15) is 18.2 Å². The Morgan fingerprint density at radius 1 is 1.06 bits per heavy atom. The molecule has 4 aromatic rings. The summed E-state index contributed by atoms with van der Waals surface area (Å²) in [6.07, 6.45) is -2.03. The number of aryl methyl sites for hydroxylation is 1. The van der Waals surface area contributed by atoms with E-state index in [4.69, 9.17) is 15.2 Å². The van der Waals surface area contributed by atoms with Crippen LogP contribution in [0.25, 0.3) is 11.3 Å². The lowest BCUT2D eigenvalue weighted by atomic mass is 9.98. The molecule has 0 fully saturated rings. The van der Waals surface area contributed by atoms with Crippen molar-refractivity contribution in [3.8, 4) is 28.6 Å². The Bertz CT molecular complexity index is 1450. The SMILES string of the molecule is Nc1cc(COc2cc3n(c(=O)n2)CCc2ccccc2-3)ccc1Oc1cnc(C(F)(F)F)nc1. The molecule has 2 aromatic heterocycles. The van der Waals surface area contributed by atoms with Crippen LogP contribution in [0, 0.1) is 0 Å². The van der Waals surface area contributed by atoms with Crippen molar-refractivity contribution in [3.05, 3.63) is 88.4 Å². The number of rotatable bonds is 5. The highest BCUT2D eigenvalue weighted by atomic mass is 19.4. The van der Waals surface area contributed by atoms with Crippen molar-refractivity contribution in [2.45, 2.75) is 25.7 Å². The first kappa shape index (κ1) is 22.4. The number of alkyl halides is 3. The van der Waals surface area contributed by atoms with Crippen LogP contribution in [0.1, 0.15) is 17.0 Å². The van der Waals surface area contributed by atoms with Crippen LogP contribution in [-0.2, 0) is 25.7 Å². The van der Waals surface area contributed by atoms with Gasteiger partial charge < -0.3 is 15.2 Å². The Hall–Kier alpha value is -4.41. The highest BCUT2D eigenvalue weighted by Crippen LogP contribution is 2.31. The number of nitrogens with two attached hydrogens (primary N) is 1. The maximum absolute atomic E-state index is 12.6. The van der Waals surface area contributed by atoms with Crippen LogP contribution in [-0.4, -0.2) is 19.5 Å². The van der Waals surface area contributed by atoms with E-state index >= 15 is 0 Å². The molecule has 2 N–H and O–H groups in total. The minimum absolute atomic E-state index is 0.00714. The molecule has 0 aliphatic carbocycles. The number of anilines is 1. The molecule has 5 rings (SSSR count). The second-order valence-electron chi connectivity index (χ2n) is 7.82. The van der Waals surface area contributed by atoms with E-state index in [1.165, 1.54) is 0 Å². The molecule has 3 heterocycles. The number of nitrogen functional groups attached to an aromatic ring is 1. The molecule has 178 valence electrons. The van der Waals surface area contributed by atoms with Gasteiger partial charge in [0.05, 0.1) is 23.8 Å². The summed E-state index contributed by atoms with van der Waals surface area (Å²) in [5.41, 5.74) is 9.45. The molecule has 35 heavy (non-hydrogen) atoms. The van der Waals surface area contributed by atoms with Crippen molar-refractivity contribution in [2.75, 3.05) is 5.73 Å². The van der Waals surface area contributed by atoms with Crippen LogP contribution in [0.15, 0.2) is 65.7 Å². The largest absolute Gasteiger partial charge is 0.473 e. The minimum atomic E-state index is -4.64. The van der Waals surface area contributed by atoms with Gasteiger partial charge in [-0.3, -0.25) is 4.57 Å². The highest BCUT2D eigenvalue weighted by molar-refractivity contribution is 5.66. The van der Waals surface area contributed by atoms with Crippen molar-refractivity contribution in [2.24, 2.45) is 0 Å². The zero-order valence-corrected chi connectivity index (χ0v) is 18.1. The van der Waals surface area contributed by atoms with Crippen molar-refractivity contribution in [1.29, 1.82) is 0 Å². The maximum Gasteiger partial charge on any atom is 0.451 e. The zero-order chi connectivity index (χ0) is 24.6. The van der Waals surface area contributed by atoms with Gasteiger partial charge in [-0.05, 0) is 29.7 Å². The van der Waals surface area contributed by atoms with Gasteiger partial charge in [0.15, 0.2) is 5.75 Å². The first-order valence-electron chi connectivity index (χ1n) is 10.6. The number of benzene rings is 2. The van der Waals surface area contributed by atoms with Gasteiger partial charge >= 0.3 is 11.9 Å². The van der Waals surface area contributed by atoms with Crippen LogP contribution in [0.2, 0.25) is 0 Å². The van der Waals surface area contributed by atoms with Crippen molar-refractivity contribution in [3.63, 3.8) is 0 Å². The van der Waals surface area contributed by atoms with E-state index in [-0.39, 0.29) is 35.4 Å². The van der Waals surface area contributed by atoms with Gasteiger partial charge in [0, 0.05) is 18.2 Å². The predicted molar refractivity (Wildman–Crippen MR) is 120 cm³/mol. The van der Waals surface area contributed by atoms with Crippen LogP contribution in [0.5, 0.6) is 17.4 Å². The third-order valence-corrected chi connectivity index (χ3v) is 5.46. The minimum Gasteiger partial charge on any atom is -0.473 e. The molecule has 0 saturated carbocycles. The van der Waals surface area contributed by atoms with Gasteiger partial charge in [0.2, 0.25) is 11.7 Å². The molecule has 0 amide bonds. The number of aromatic nitrogens is 4. The monoisotopic (exact) mass is 481 g/mol. The first-order valence-corrected chi connectivity index (χ1v) is 10.6. The fraction of sp³-hybridized carbons (Fsp3) is 0.167. The first-order chi connectivity index (χ1) is 16.8. The number of hydrogen-bond donors (Lipinski definition) is 1. The predicted octanol–water partition coefficient (Wildman–Crippen LogP) is 4.23. The smallest absolute Gasteiger partial charge is 0.451 e. The van der Waals surface area contributed by atoms with Gasteiger partial charge in [-0.25, -0.2) is 14.8 Å². The summed E-state index contributed by atoms with van der Waals surface area (Å²) in [6.45, 7) is 0.645. The molecule has 0 atom stereocenters. The molecule has 2 aromatic carbocycles. The molecule has 1 aliphatic rings. The van der Waals surface area contributed by atoms with Crippen molar-refractivity contribution in [1.82, 2.24) is 19.5 Å². The molecule has 0 spiro atoms. The van der Waals surface area contributed by atoms with Gasteiger partial charge in [0.1, 0.15) is 12.4 Å². The van der Waals surface area contributed by atoms with E-state index < -0.39 is 12.0 Å². The topological polar surface area (TPSA) is 105 Å². The average molecular weight is 481 g/mol. The lowest BCUT2D eigenvalue weighted by Crippen LogP contribution is -2.28. The summed E-state index contributed by atoms with van der Waals surface area (Å²) in [5.74, 6) is -0.838. The fourth-order valence-electron chi connectivity index (χ4n) is 3.80. The number of hydrogen-bond acceptors (Lipinski definition) is 7. The van der Waals surface area contributed by atoms with E-state index in [1.807, 2.05) is 24.3 Å². The quantitative estimate of drug-likeness (QED) is 0.426. The van der Waals surface area contributed by atoms with E-state index in [0.717, 1.165) is 35.6 Å². The van der Waals surface area contributed by atoms with Gasteiger partial charge in [-0.1, -0.05) is 30.3 Å². The van der Waals surface area contributed by atoms with Crippen LogP contribution in [0.4, 0.5) is 18.9 Å². The molecule has 0 saturated heterocycles.